The van der Waals surface area contributed by atoms with E-state index in [1.54, 1.807) is 0 Å². The molecular formula is C19H32N2. The number of benzene rings is 1. The molecular weight excluding hydrogens is 256 g/mol. The summed E-state index contributed by atoms with van der Waals surface area (Å²) in [6, 6.07) is 12.0. The highest BCUT2D eigenvalue weighted by molar-refractivity contribution is 5.19. The molecule has 1 aromatic rings. The molecule has 3 atom stereocenters. The maximum Gasteiger partial charge on any atom is 0.0451 e. The fraction of sp³-hybridized carbons (Fsp3) is 0.684. The van der Waals surface area contributed by atoms with Crippen molar-refractivity contribution in [3.8, 4) is 0 Å². The fourth-order valence-electron chi connectivity index (χ4n) is 3.73. The molecule has 0 heterocycles. The smallest absolute Gasteiger partial charge is 0.0451 e. The molecule has 2 heteroatoms. The first-order valence-electron chi connectivity index (χ1n) is 8.53. The minimum atomic E-state index is 0.436. The summed E-state index contributed by atoms with van der Waals surface area (Å²) in [6.07, 6.45) is 5.51. The van der Waals surface area contributed by atoms with Gasteiger partial charge in [-0.25, -0.2) is 0 Å². The van der Waals surface area contributed by atoms with E-state index in [0.29, 0.717) is 12.1 Å². The largest absolute Gasteiger partial charge is 0.308 e. The Kier molecular flexibility index (Phi) is 6.25. The molecule has 0 aromatic heterocycles. The van der Waals surface area contributed by atoms with Crippen LogP contribution in [0.25, 0.3) is 0 Å². The van der Waals surface area contributed by atoms with Gasteiger partial charge >= 0.3 is 0 Å². The summed E-state index contributed by atoms with van der Waals surface area (Å²) in [4.78, 5) is 2.29. The molecule has 2 nitrogen and oxygen atoms in total. The van der Waals surface area contributed by atoms with Crippen molar-refractivity contribution in [3.63, 3.8) is 0 Å². The van der Waals surface area contributed by atoms with Crippen LogP contribution in [-0.4, -0.2) is 31.6 Å². The molecule has 1 aromatic carbocycles. The third kappa shape index (κ3) is 4.82. The molecule has 2 rings (SSSR count). The van der Waals surface area contributed by atoms with Crippen molar-refractivity contribution in [1.29, 1.82) is 0 Å². The van der Waals surface area contributed by atoms with Crippen LogP contribution in [0.5, 0.6) is 0 Å². The third-order valence-electron chi connectivity index (χ3n) is 4.84. The van der Waals surface area contributed by atoms with Crippen molar-refractivity contribution >= 4 is 0 Å². The summed E-state index contributed by atoms with van der Waals surface area (Å²) in [6.45, 7) is 5.83. The summed E-state index contributed by atoms with van der Waals surface area (Å²) < 4.78 is 0. The van der Waals surface area contributed by atoms with E-state index in [1.807, 2.05) is 0 Å². The second kappa shape index (κ2) is 7.95. The molecule has 1 aliphatic rings. The molecule has 118 valence electrons. The highest BCUT2D eigenvalue weighted by atomic mass is 15.1. The Balaban J connectivity index is 2.10. The first-order valence-corrected chi connectivity index (χ1v) is 8.53. The zero-order valence-electron chi connectivity index (χ0n) is 14.2. The topological polar surface area (TPSA) is 15.3 Å². The first kappa shape index (κ1) is 16.5. The Hall–Kier alpha value is -0.860. The molecule has 0 spiro atoms. The van der Waals surface area contributed by atoms with Gasteiger partial charge in [0.25, 0.3) is 0 Å². The molecule has 1 saturated carbocycles. The molecule has 3 unspecified atom stereocenters. The van der Waals surface area contributed by atoms with Gasteiger partial charge in [-0.3, -0.25) is 0 Å². The number of nitrogens with one attached hydrogen (secondary N) is 1. The minimum Gasteiger partial charge on any atom is -0.308 e. The molecule has 0 amide bonds. The number of hydrogen-bond acceptors (Lipinski definition) is 2. The Morgan fingerprint density at radius 1 is 1.10 bits per heavy atom. The van der Waals surface area contributed by atoms with E-state index in [-0.39, 0.29) is 0 Å². The van der Waals surface area contributed by atoms with E-state index in [0.717, 1.165) is 18.4 Å². The number of hydrogen-bond donors (Lipinski definition) is 1. The average molecular weight is 288 g/mol. The number of likely N-dealkylation sites (N-methyl/N-ethyl adjacent to an activating group) is 1. The van der Waals surface area contributed by atoms with Crippen LogP contribution in [0.4, 0.5) is 0 Å². The summed E-state index contributed by atoms with van der Waals surface area (Å²) in [5.74, 6) is 1.60. The van der Waals surface area contributed by atoms with Crippen molar-refractivity contribution in [1.82, 2.24) is 10.2 Å². The Morgan fingerprint density at radius 3 is 2.38 bits per heavy atom. The first-order chi connectivity index (χ1) is 10.1. The van der Waals surface area contributed by atoms with Crippen LogP contribution in [0.3, 0.4) is 0 Å². The van der Waals surface area contributed by atoms with E-state index < -0.39 is 0 Å². The van der Waals surface area contributed by atoms with Crippen LogP contribution < -0.4 is 5.32 Å². The zero-order valence-corrected chi connectivity index (χ0v) is 14.2. The second-order valence-corrected chi connectivity index (χ2v) is 7.19. The SMILES string of the molecule is CC(C)C1CCCCC1NC(CN(C)C)c1ccccc1. The molecule has 0 bridgehead atoms. The Morgan fingerprint density at radius 2 is 1.76 bits per heavy atom. The average Bonchev–Trinajstić information content (AvgIpc) is 2.47. The lowest BCUT2D eigenvalue weighted by Crippen LogP contribution is -2.45. The predicted molar refractivity (Wildman–Crippen MR) is 91.5 cm³/mol. The van der Waals surface area contributed by atoms with Gasteiger partial charge in [-0.15, -0.1) is 0 Å². The quantitative estimate of drug-likeness (QED) is 0.848. The van der Waals surface area contributed by atoms with Gasteiger partial charge in [0.1, 0.15) is 0 Å². The van der Waals surface area contributed by atoms with Crippen molar-refractivity contribution in [2.24, 2.45) is 11.8 Å². The Bertz CT molecular complexity index is 399. The van der Waals surface area contributed by atoms with Gasteiger partial charge in [-0.05, 0) is 44.3 Å². The van der Waals surface area contributed by atoms with Crippen LogP contribution in [0.1, 0.15) is 51.1 Å². The Labute approximate surface area is 130 Å². The lowest BCUT2D eigenvalue weighted by molar-refractivity contribution is 0.182. The van der Waals surface area contributed by atoms with Crippen LogP contribution >= 0.6 is 0 Å². The van der Waals surface area contributed by atoms with Crippen LogP contribution in [0, 0.1) is 11.8 Å². The fourth-order valence-corrected chi connectivity index (χ4v) is 3.73. The van der Waals surface area contributed by atoms with Crippen LogP contribution in [0.2, 0.25) is 0 Å². The molecule has 0 saturated heterocycles. The summed E-state index contributed by atoms with van der Waals surface area (Å²) in [5.41, 5.74) is 1.42. The molecule has 1 aliphatic carbocycles. The second-order valence-electron chi connectivity index (χ2n) is 7.19. The van der Waals surface area contributed by atoms with E-state index in [4.69, 9.17) is 0 Å². The molecule has 21 heavy (non-hydrogen) atoms. The number of rotatable bonds is 6. The van der Waals surface area contributed by atoms with Gasteiger partial charge in [0.15, 0.2) is 0 Å². The zero-order chi connectivity index (χ0) is 15.2. The molecule has 1 N–H and O–H groups in total. The lowest BCUT2D eigenvalue weighted by Gasteiger charge is -2.38. The van der Waals surface area contributed by atoms with Gasteiger partial charge in [0, 0.05) is 18.6 Å². The highest BCUT2D eigenvalue weighted by Gasteiger charge is 2.29. The van der Waals surface area contributed by atoms with Crippen molar-refractivity contribution in [2.75, 3.05) is 20.6 Å². The number of nitrogens with zero attached hydrogens (tertiary/aromatic N) is 1. The summed E-state index contributed by atoms with van der Waals surface area (Å²) in [5, 5.41) is 3.99. The van der Waals surface area contributed by atoms with Gasteiger partial charge in [-0.2, -0.15) is 0 Å². The minimum absolute atomic E-state index is 0.436. The summed E-state index contributed by atoms with van der Waals surface area (Å²) >= 11 is 0. The van der Waals surface area contributed by atoms with E-state index in [1.165, 1.54) is 31.2 Å². The highest BCUT2D eigenvalue weighted by Crippen LogP contribution is 2.31. The van der Waals surface area contributed by atoms with E-state index >= 15 is 0 Å². The molecule has 0 aliphatic heterocycles. The molecule has 1 fully saturated rings. The van der Waals surface area contributed by atoms with Crippen molar-refractivity contribution < 1.29 is 0 Å². The maximum atomic E-state index is 3.99. The van der Waals surface area contributed by atoms with Gasteiger partial charge in [0.2, 0.25) is 0 Å². The monoisotopic (exact) mass is 288 g/mol. The normalized spacial score (nSPS) is 24.5. The molecule has 0 radical (unpaired) electrons. The predicted octanol–water partition coefficient (Wildman–Crippen LogP) is 4.09. The lowest BCUT2D eigenvalue weighted by atomic mass is 9.77. The maximum absolute atomic E-state index is 3.99. The van der Waals surface area contributed by atoms with Crippen LogP contribution in [-0.2, 0) is 0 Å². The standard InChI is InChI=1S/C19H32N2/c1-15(2)17-12-8-9-13-18(17)20-19(14-21(3)4)16-10-6-5-7-11-16/h5-7,10-11,15,17-20H,8-9,12-14H2,1-4H3. The van der Waals surface area contributed by atoms with Gasteiger partial charge in [-0.1, -0.05) is 57.0 Å². The van der Waals surface area contributed by atoms with Crippen LogP contribution in [0.15, 0.2) is 30.3 Å². The van der Waals surface area contributed by atoms with Crippen molar-refractivity contribution in [3.05, 3.63) is 35.9 Å². The third-order valence-corrected chi connectivity index (χ3v) is 4.84. The van der Waals surface area contributed by atoms with Crippen molar-refractivity contribution in [2.45, 2.75) is 51.6 Å². The van der Waals surface area contributed by atoms with E-state index in [9.17, 15) is 0 Å². The van der Waals surface area contributed by atoms with Gasteiger partial charge in [0.05, 0.1) is 0 Å². The summed E-state index contributed by atoms with van der Waals surface area (Å²) in [7, 11) is 4.33. The van der Waals surface area contributed by atoms with Gasteiger partial charge < -0.3 is 10.2 Å². The van der Waals surface area contributed by atoms with E-state index in [2.05, 4.69) is 68.5 Å².